The fourth-order valence-corrected chi connectivity index (χ4v) is 5.76. The molecule has 2 heterocycles. The molecule has 0 aromatic rings. The van der Waals surface area contributed by atoms with Gasteiger partial charge in [-0.25, -0.2) is 0 Å². The Hall–Kier alpha value is -1.66. The van der Waals surface area contributed by atoms with Crippen molar-refractivity contribution in [3.8, 4) is 0 Å². The summed E-state index contributed by atoms with van der Waals surface area (Å²) in [5.74, 6) is 1.12. The molecule has 0 radical (unpaired) electrons. The van der Waals surface area contributed by atoms with Gasteiger partial charge in [0.25, 0.3) is 0 Å². The van der Waals surface area contributed by atoms with Crippen LogP contribution in [-0.2, 0) is 19.1 Å². The number of aliphatic hydroxyl groups is 1. The van der Waals surface area contributed by atoms with Crippen LogP contribution in [0.25, 0.3) is 0 Å². The van der Waals surface area contributed by atoms with E-state index < -0.39 is 11.7 Å². The molecule has 2 aliphatic heterocycles. The highest BCUT2D eigenvalue weighted by molar-refractivity contribution is 6.03. The summed E-state index contributed by atoms with van der Waals surface area (Å²) in [5, 5.41) is 13.0. The number of hydrogen-bond acceptors (Lipinski definition) is 5. The number of nitrogens with one attached hydrogen (secondary N) is 1. The molecule has 172 valence electrons. The van der Waals surface area contributed by atoms with Crippen molar-refractivity contribution in [2.45, 2.75) is 96.9 Å². The Labute approximate surface area is 185 Å². The topological polar surface area (TPSA) is 84.9 Å². The van der Waals surface area contributed by atoms with Crippen LogP contribution in [0.5, 0.6) is 0 Å². The maximum Gasteiger partial charge on any atom is 0.230 e. The van der Waals surface area contributed by atoms with E-state index in [4.69, 9.17) is 9.47 Å². The highest BCUT2D eigenvalue weighted by atomic mass is 16.6. The Morgan fingerprint density at radius 1 is 1.19 bits per heavy atom. The Morgan fingerprint density at radius 3 is 2.48 bits per heavy atom. The summed E-state index contributed by atoms with van der Waals surface area (Å²) < 4.78 is 12.9. The highest BCUT2D eigenvalue weighted by Gasteiger charge is 2.45. The van der Waals surface area contributed by atoms with Crippen LogP contribution in [-0.4, -0.2) is 40.8 Å². The molecule has 2 amide bonds. The Balaban J connectivity index is 1.30. The SMILES string of the molecule is CC1=C(C)C(O)C(C)C2=C1OC(C)(COC1(C)CCC(CC3CC(=O)NC3=O)CC1)C2. The van der Waals surface area contributed by atoms with Crippen molar-refractivity contribution >= 4 is 11.8 Å². The van der Waals surface area contributed by atoms with Crippen LogP contribution in [0.3, 0.4) is 0 Å². The molecule has 1 saturated heterocycles. The minimum atomic E-state index is -0.435. The molecular weight excluding hydrogens is 394 g/mol. The van der Waals surface area contributed by atoms with Crippen LogP contribution < -0.4 is 5.32 Å². The van der Waals surface area contributed by atoms with Crippen molar-refractivity contribution in [2.24, 2.45) is 17.8 Å². The summed E-state index contributed by atoms with van der Waals surface area (Å²) >= 11 is 0. The third kappa shape index (κ3) is 4.34. The van der Waals surface area contributed by atoms with E-state index >= 15 is 0 Å². The first-order chi connectivity index (χ1) is 14.5. The second kappa shape index (κ2) is 8.04. The molecule has 1 saturated carbocycles. The van der Waals surface area contributed by atoms with E-state index in [0.29, 0.717) is 18.9 Å². The van der Waals surface area contributed by atoms with E-state index in [1.165, 1.54) is 5.57 Å². The average Bonchev–Trinajstić information content (AvgIpc) is 3.24. The average molecular weight is 432 g/mol. The monoisotopic (exact) mass is 431 g/mol. The molecule has 4 unspecified atom stereocenters. The molecule has 31 heavy (non-hydrogen) atoms. The van der Waals surface area contributed by atoms with E-state index in [1.54, 1.807) is 0 Å². The molecule has 2 aliphatic carbocycles. The molecule has 4 aliphatic rings. The van der Waals surface area contributed by atoms with E-state index in [9.17, 15) is 14.7 Å². The molecule has 0 aromatic carbocycles. The van der Waals surface area contributed by atoms with Gasteiger partial charge in [0.1, 0.15) is 11.4 Å². The Morgan fingerprint density at radius 2 is 1.87 bits per heavy atom. The summed E-state index contributed by atoms with van der Waals surface area (Å²) in [6.45, 7) is 10.9. The number of amides is 2. The third-order valence-corrected chi connectivity index (χ3v) is 8.18. The smallest absolute Gasteiger partial charge is 0.230 e. The molecule has 6 nitrogen and oxygen atoms in total. The van der Waals surface area contributed by atoms with Gasteiger partial charge in [-0.15, -0.1) is 0 Å². The molecule has 4 atom stereocenters. The molecule has 0 aromatic heterocycles. The largest absolute Gasteiger partial charge is 0.485 e. The summed E-state index contributed by atoms with van der Waals surface area (Å²) in [5.41, 5.74) is 2.67. The van der Waals surface area contributed by atoms with E-state index in [1.807, 2.05) is 13.8 Å². The molecule has 0 bridgehead atoms. The number of carbonyl (C=O) groups is 2. The lowest BCUT2D eigenvalue weighted by Gasteiger charge is -2.40. The lowest BCUT2D eigenvalue weighted by molar-refractivity contribution is -0.127. The lowest BCUT2D eigenvalue weighted by atomic mass is 9.76. The zero-order valence-corrected chi connectivity index (χ0v) is 19.5. The normalized spacial score (nSPS) is 40.8. The first-order valence-corrected chi connectivity index (χ1v) is 11.8. The van der Waals surface area contributed by atoms with Crippen LogP contribution in [0.1, 0.15) is 79.6 Å². The van der Waals surface area contributed by atoms with Gasteiger partial charge in [0.05, 0.1) is 18.3 Å². The van der Waals surface area contributed by atoms with Crippen molar-refractivity contribution in [3.05, 3.63) is 22.5 Å². The van der Waals surface area contributed by atoms with Gasteiger partial charge in [-0.1, -0.05) is 6.92 Å². The number of aliphatic hydroxyl groups excluding tert-OH is 1. The van der Waals surface area contributed by atoms with Crippen molar-refractivity contribution in [1.82, 2.24) is 5.32 Å². The van der Waals surface area contributed by atoms with E-state index in [-0.39, 0.29) is 29.3 Å². The van der Waals surface area contributed by atoms with Crippen LogP contribution in [0, 0.1) is 17.8 Å². The fraction of sp³-hybridized carbons (Fsp3) is 0.760. The van der Waals surface area contributed by atoms with Crippen molar-refractivity contribution in [1.29, 1.82) is 0 Å². The van der Waals surface area contributed by atoms with E-state index in [2.05, 4.69) is 26.1 Å². The van der Waals surface area contributed by atoms with Gasteiger partial charge >= 0.3 is 0 Å². The highest BCUT2D eigenvalue weighted by Crippen LogP contribution is 2.47. The van der Waals surface area contributed by atoms with Crippen molar-refractivity contribution < 1.29 is 24.2 Å². The first kappa shape index (κ1) is 22.5. The minimum Gasteiger partial charge on any atom is -0.485 e. The van der Waals surface area contributed by atoms with Crippen LogP contribution in [0.15, 0.2) is 22.5 Å². The van der Waals surface area contributed by atoms with Gasteiger partial charge in [-0.2, -0.15) is 0 Å². The molecule has 6 heteroatoms. The standard InChI is InChI=1S/C25H37NO5/c1-14-15(2)22-19(16(3)21(14)28)12-25(5,31-22)13-30-24(4)8-6-17(7-9-24)10-18-11-20(27)26-23(18)29/h16-18,21,28H,6-13H2,1-5H3,(H,26,27,29). The van der Waals surface area contributed by atoms with Gasteiger partial charge < -0.3 is 14.6 Å². The maximum atomic E-state index is 11.9. The number of hydrogen-bond donors (Lipinski definition) is 2. The summed E-state index contributed by atoms with van der Waals surface area (Å²) in [6, 6.07) is 0. The zero-order chi connectivity index (χ0) is 22.6. The molecule has 2 N–H and O–H groups in total. The van der Waals surface area contributed by atoms with Gasteiger partial charge in [-0.05, 0) is 82.4 Å². The second-order valence-corrected chi connectivity index (χ2v) is 10.9. The summed E-state index contributed by atoms with van der Waals surface area (Å²) in [6.07, 6.45) is 5.45. The molecule has 4 rings (SSSR count). The minimum absolute atomic E-state index is 0.0752. The summed E-state index contributed by atoms with van der Waals surface area (Å²) in [4.78, 5) is 23.3. The lowest BCUT2D eigenvalue weighted by Crippen LogP contribution is -2.41. The quantitative estimate of drug-likeness (QED) is 0.647. The Bertz CT molecular complexity index is 835. The number of allylic oxidation sites excluding steroid dienone is 1. The molecule has 2 fully saturated rings. The number of rotatable bonds is 5. The first-order valence-electron chi connectivity index (χ1n) is 11.8. The predicted molar refractivity (Wildman–Crippen MR) is 117 cm³/mol. The number of imide groups is 1. The summed E-state index contributed by atoms with van der Waals surface area (Å²) in [7, 11) is 0. The van der Waals surface area contributed by atoms with Gasteiger partial charge in [0.2, 0.25) is 11.8 Å². The third-order valence-electron chi connectivity index (χ3n) is 8.18. The van der Waals surface area contributed by atoms with Crippen molar-refractivity contribution in [2.75, 3.05) is 6.61 Å². The fourth-order valence-electron chi connectivity index (χ4n) is 5.76. The molecule has 0 spiro atoms. The predicted octanol–water partition coefficient (Wildman–Crippen LogP) is 3.78. The zero-order valence-electron chi connectivity index (χ0n) is 19.5. The molecular formula is C25H37NO5. The number of ether oxygens (including phenoxy) is 2. The van der Waals surface area contributed by atoms with Gasteiger partial charge in [-0.3, -0.25) is 14.9 Å². The second-order valence-electron chi connectivity index (χ2n) is 10.9. The van der Waals surface area contributed by atoms with Crippen LogP contribution in [0.2, 0.25) is 0 Å². The van der Waals surface area contributed by atoms with E-state index in [0.717, 1.165) is 55.4 Å². The van der Waals surface area contributed by atoms with Gasteiger partial charge in [0.15, 0.2) is 0 Å². The Kier molecular flexibility index (Phi) is 5.84. The van der Waals surface area contributed by atoms with Gasteiger partial charge in [0, 0.05) is 24.7 Å². The maximum absolute atomic E-state index is 11.9. The van der Waals surface area contributed by atoms with Crippen molar-refractivity contribution in [3.63, 3.8) is 0 Å². The van der Waals surface area contributed by atoms with Crippen LogP contribution >= 0.6 is 0 Å². The number of carbonyl (C=O) groups excluding carboxylic acids is 2. The van der Waals surface area contributed by atoms with Crippen LogP contribution in [0.4, 0.5) is 0 Å².